The van der Waals surface area contributed by atoms with Crippen LogP contribution in [-0.4, -0.2) is 28.2 Å². The van der Waals surface area contributed by atoms with Crippen LogP contribution in [0, 0.1) is 0 Å². The third-order valence-electron chi connectivity index (χ3n) is 3.49. The molecule has 1 amide bonds. The van der Waals surface area contributed by atoms with E-state index >= 15 is 0 Å². The lowest BCUT2D eigenvalue weighted by Crippen LogP contribution is -2.37. The smallest absolute Gasteiger partial charge is 0.333 e. The van der Waals surface area contributed by atoms with Gasteiger partial charge in [0.05, 0.1) is 12.0 Å². The lowest BCUT2D eigenvalue weighted by molar-refractivity contribution is -0.148. The van der Waals surface area contributed by atoms with Gasteiger partial charge in [-0.3, -0.25) is 9.69 Å². The van der Waals surface area contributed by atoms with Crippen molar-refractivity contribution < 1.29 is 18.7 Å². The van der Waals surface area contributed by atoms with Crippen LogP contribution >= 0.6 is 39.9 Å². The topological polar surface area (TPSA) is 59.8 Å². The fraction of sp³-hybridized carbons (Fsp3) is 0.118. The minimum absolute atomic E-state index is 0.293. The third kappa shape index (κ3) is 3.70. The molecule has 1 aromatic carbocycles. The second-order valence-corrected chi connectivity index (χ2v) is 7.49. The summed E-state index contributed by atoms with van der Waals surface area (Å²) in [6, 6.07) is 11.5. The largest absolute Gasteiger partial charge is 0.467 e. The summed E-state index contributed by atoms with van der Waals surface area (Å²) in [5, 5.41) is 0. The van der Waals surface area contributed by atoms with Crippen LogP contribution in [-0.2, 0) is 14.3 Å². The van der Waals surface area contributed by atoms with Crippen molar-refractivity contribution in [3.05, 3.63) is 63.4 Å². The van der Waals surface area contributed by atoms with E-state index in [1.165, 1.54) is 12.0 Å². The van der Waals surface area contributed by atoms with Crippen LogP contribution in [0.1, 0.15) is 17.4 Å². The number of hydrogen-bond acceptors (Lipinski definition) is 6. The Morgan fingerprint density at radius 2 is 2.04 bits per heavy atom. The van der Waals surface area contributed by atoms with Gasteiger partial charge in [-0.05, 0) is 33.6 Å². The van der Waals surface area contributed by atoms with Crippen LogP contribution in [0.3, 0.4) is 0 Å². The van der Waals surface area contributed by atoms with Gasteiger partial charge in [0, 0.05) is 6.08 Å². The van der Waals surface area contributed by atoms with Gasteiger partial charge in [-0.15, -0.1) is 0 Å². The summed E-state index contributed by atoms with van der Waals surface area (Å²) >= 11 is 9.68. The quantitative estimate of drug-likeness (QED) is 0.406. The fourth-order valence-corrected chi connectivity index (χ4v) is 3.99. The summed E-state index contributed by atoms with van der Waals surface area (Å²) in [4.78, 5) is 26.8. The molecule has 0 N–H and O–H groups in total. The van der Waals surface area contributed by atoms with Crippen LogP contribution in [0.15, 0.2) is 56.5 Å². The minimum Gasteiger partial charge on any atom is -0.467 e. The number of thioether (sulfide) groups is 1. The normalized spacial score (nSPS) is 17.2. The van der Waals surface area contributed by atoms with Gasteiger partial charge in [-0.1, -0.05) is 54.3 Å². The fourth-order valence-electron chi connectivity index (χ4n) is 2.37. The van der Waals surface area contributed by atoms with E-state index in [9.17, 15) is 9.59 Å². The van der Waals surface area contributed by atoms with Gasteiger partial charge >= 0.3 is 5.97 Å². The van der Waals surface area contributed by atoms with Gasteiger partial charge in [0.1, 0.15) is 10.1 Å². The molecule has 2 aromatic rings. The molecule has 1 unspecified atom stereocenters. The van der Waals surface area contributed by atoms with Gasteiger partial charge in [0.15, 0.2) is 10.7 Å². The first kappa shape index (κ1) is 17.9. The molecule has 3 rings (SSSR count). The number of carbonyl (C=O) groups excluding carboxylic acids is 2. The second-order valence-electron chi connectivity index (χ2n) is 5.03. The van der Waals surface area contributed by atoms with Gasteiger partial charge in [0.2, 0.25) is 0 Å². The van der Waals surface area contributed by atoms with Crippen molar-refractivity contribution in [1.29, 1.82) is 0 Å². The maximum atomic E-state index is 12.9. The Morgan fingerprint density at radius 3 is 2.64 bits per heavy atom. The highest BCUT2D eigenvalue weighted by Gasteiger charge is 2.42. The predicted octanol–water partition coefficient (Wildman–Crippen LogP) is 4.16. The molecular formula is C17H12BrNO4S2. The average Bonchev–Trinajstić information content (AvgIpc) is 3.14. The number of rotatable bonds is 4. The Hall–Kier alpha value is -1.90. The second kappa shape index (κ2) is 7.55. The number of esters is 1. The zero-order chi connectivity index (χ0) is 18.0. The molecule has 0 bridgehead atoms. The number of thiocarbonyl (C=S) groups is 1. The standard InChI is InChI=1S/C17H12BrNO4S2/c1-22-16(21)14(10-5-3-2-4-6-10)19-15(20)12(25-17(19)24)9-11-7-8-13(18)23-11/h2-9,14H,1H3/b12-9+. The maximum Gasteiger partial charge on any atom is 0.333 e. The van der Waals surface area contributed by atoms with E-state index in [2.05, 4.69) is 15.9 Å². The molecule has 1 aliphatic rings. The molecule has 1 aliphatic heterocycles. The summed E-state index contributed by atoms with van der Waals surface area (Å²) in [6.45, 7) is 0. The molecule has 1 fully saturated rings. The lowest BCUT2D eigenvalue weighted by atomic mass is 10.1. The highest BCUT2D eigenvalue weighted by Crippen LogP contribution is 2.38. The van der Waals surface area contributed by atoms with E-state index in [-0.39, 0.29) is 5.91 Å². The van der Waals surface area contributed by atoms with Crippen molar-refractivity contribution in [3.63, 3.8) is 0 Å². The van der Waals surface area contributed by atoms with Crippen molar-refractivity contribution in [3.8, 4) is 0 Å². The maximum absolute atomic E-state index is 12.9. The number of ether oxygens (including phenoxy) is 1. The van der Waals surface area contributed by atoms with Gasteiger partial charge in [0.25, 0.3) is 5.91 Å². The highest BCUT2D eigenvalue weighted by atomic mass is 79.9. The molecule has 128 valence electrons. The van der Waals surface area contributed by atoms with Crippen molar-refractivity contribution in [2.24, 2.45) is 0 Å². The lowest BCUT2D eigenvalue weighted by Gasteiger charge is -2.24. The zero-order valence-corrected chi connectivity index (χ0v) is 16.2. The number of carbonyl (C=O) groups is 2. The van der Waals surface area contributed by atoms with Crippen molar-refractivity contribution in [2.75, 3.05) is 7.11 Å². The Morgan fingerprint density at radius 1 is 1.32 bits per heavy atom. The number of halogens is 1. The molecule has 1 atom stereocenters. The van der Waals surface area contributed by atoms with E-state index in [0.29, 0.717) is 25.2 Å². The number of amides is 1. The summed E-state index contributed by atoms with van der Waals surface area (Å²) in [5.74, 6) is -0.395. The summed E-state index contributed by atoms with van der Waals surface area (Å²) in [7, 11) is 1.28. The average molecular weight is 438 g/mol. The Balaban J connectivity index is 1.97. The van der Waals surface area contributed by atoms with Crippen molar-refractivity contribution in [1.82, 2.24) is 4.90 Å². The van der Waals surface area contributed by atoms with Gasteiger partial charge in [-0.2, -0.15) is 0 Å². The van der Waals surface area contributed by atoms with Gasteiger partial charge in [-0.25, -0.2) is 4.79 Å². The van der Waals surface area contributed by atoms with Crippen LogP contribution in [0.2, 0.25) is 0 Å². The first-order chi connectivity index (χ1) is 12.0. The van der Waals surface area contributed by atoms with E-state index in [1.54, 1.807) is 42.5 Å². The Bertz CT molecular complexity index is 863. The van der Waals surface area contributed by atoms with Crippen LogP contribution in [0.5, 0.6) is 0 Å². The number of methoxy groups -OCH3 is 1. The van der Waals surface area contributed by atoms with Gasteiger partial charge < -0.3 is 9.15 Å². The van der Waals surface area contributed by atoms with Crippen LogP contribution < -0.4 is 0 Å². The number of furan rings is 1. The summed E-state index contributed by atoms with van der Waals surface area (Å²) in [5.41, 5.74) is 0.632. The first-order valence-corrected chi connectivity index (χ1v) is 9.18. The molecular weight excluding hydrogens is 426 g/mol. The number of hydrogen-bond donors (Lipinski definition) is 0. The molecule has 0 spiro atoms. The molecule has 8 heteroatoms. The molecule has 1 saturated heterocycles. The Labute approximate surface area is 162 Å². The molecule has 25 heavy (non-hydrogen) atoms. The van der Waals surface area contributed by atoms with E-state index < -0.39 is 12.0 Å². The van der Waals surface area contributed by atoms with E-state index in [4.69, 9.17) is 21.4 Å². The Kier molecular flexibility index (Phi) is 5.41. The molecule has 2 heterocycles. The monoisotopic (exact) mass is 437 g/mol. The van der Waals surface area contributed by atoms with Crippen molar-refractivity contribution in [2.45, 2.75) is 6.04 Å². The van der Waals surface area contributed by atoms with Crippen molar-refractivity contribution >= 4 is 62.2 Å². The zero-order valence-electron chi connectivity index (χ0n) is 13.0. The van der Waals surface area contributed by atoms with Crippen LogP contribution in [0.4, 0.5) is 0 Å². The number of nitrogens with zero attached hydrogens (tertiary/aromatic N) is 1. The van der Waals surface area contributed by atoms with E-state index in [0.717, 1.165) is 11.8 Å². The SMILES string of the molecule is COC(=O)C(c1ccccc1)N1C(=O)/C(=C\c2ccc(Br)o2)SC1=S. The summed E-state index contributed by atoms with van der Waals surface area (Å²) < 4.78 is 11.1. The third-order valence-corrected chi connectivity index (χ3v) is 5.25. The molecule has 0 aliphatic carbocycles. The molecule has 0 saturated carbocycles. The summed E-state index contributed by atoms with van der Waals surface area (Å²) in [6.07, 6.45) is 1.60. The number of benzene rings is 1. The van der Waals surface area contributed by atoms with E-state index in [1.807, 2.05) is 6.07 Å². The minimum atomic E-state index is -0.923. The predicted molar refractivity (Wildman–Crippen MR) is 103 cm³/mol. The molecule has 1 aromatic heterocycles. The van der Waals surface area contributed by atoms with Crippen LogP contribution in [0.25, 0.3) is 6.08 Å². The highest BCUT2D eigenvalue weighted by molar-refractivity contribution is 9.10. The molecule has 0 radical (unpaired) electrons. The molecule has 5 nitrogen and oxygen atoms in total. The first-order valence-electron chi connectivity index (χ1n) is 7.16.